The SMILES string of the molecule is O=C(N[C@H]1CN(C(c2ccc(Cl)cc2)c2ccc(Cl)cc2)C[C@@H]1N1CCOCC1)c1ccc(Cl)cc1. The number of carbonyl (C=O) groups is 1. The number of morpholine rings is 1. The highest BCUT2D eigenvalue weighted by molar-refractivity contribution is 6.31. The van der Waals surface area contributed by atoms with E-state index in [2.05, 4.69) is 39.4 Å². The Hall–Kier alpha value is -2.12. The minimum Gasteiger partial charge on any atom is -0.379 e. The molecule has 0 spiro atoms. The molecule has 2 heterocycles. The van der Waals surface area contributed by atoms with Gasteiger partial charge in [-0.05, 0) is 59.7 Å². The summed E-state index contributed by atoms with van der Waals surface area (Å²) in [6.45, 7) is 4.60. The van der Waals surface area contributed by atoms with Crippen LogP contribution in [0.1, 0.15) is 27.5 Å². The standard InChI is InChI=1S/C28H28Cl3N3O2/c29-22-7-1-19(2-8-22)27(20-3-9-23(30)10-4-20)34-17-25(26(18-34)33-13-15-36-16-14-33)32-28(35)21-5-11-24(31)12-6-21/h1-12,25-27H,13-18H2,(H,32,35)/t25-,26-/m0/s1. The molecule has 1 N–H and O–H groups in total. The number of halogens is 3. The predicted molar refractivity (Wildman–Crippen MR) is 145 cm³/mol. The maximum absolute atomic E-state index is 13.2. The first-order valence-corrected chi connectivity index (χ1v) is 13.2. The van der Waals surface area contributed by atoms with E-state index < -0.39 is 0 Å². The Labute approximate surface area is 226 Å². The Morgan fingerprint density at radius 2 is 1.28 bits per heavy atom. The van der Waals surface area contributed by atoms with Crippen LogP contribution in [0, 0.1) is 0 Å². The summed E-state index contributed by atoms with van der Waals surface area (Å²) in [4.78, 5) is 18.1. The molecule has 188 valence electrons. The molecule has 0 aromatic heterocycles. The second-order valence-electron chi connectivity index (χ2n) is 9.26. The molecule has 0 unspecified atom stereocenters. The van der Waals surface area contributed by atoms with Gasteiger partial charge in [0.05, 0.1) is 25.3 Å². The molecule has 5 rings (SSSR count). The van der Waals surface area contributed by atoms with Crippen LogP contribution in [-0.4, -0.2) is 67.2 Å². The van der Waals surface area contributed by atoms with E-state index in [0.29, 0.717) is 40.4 Å². The van der Waals surface area contributed by atoms with Gasteiger partial charge in [-0.3, -0.25) is 14.6 Å². The third kappa shape index (κ3) is 5.88. The average Bonchev–Trinajstić information content (AvgIpc) is 3.30. The molecule has 0 saturated carbocycles. The maximum atomic E-state index is 13.2. The van der Waals surface area contributed by atoms with Crippen LogP contribution in [0.25, 0.3) is 0 Å². The molecule has 0 radical (unpaired) electrons. The van der Waals surface area contributed by atoms with Gasteiger partial charge in [-0.15, -0.1) is 0 Å². The number of ether oxygens (including phenoxy) is 1. The van der Waals surface area contributed by atoms with E-state index in [0.717, 1.165) is 30.8 Å². The van der Waals surface area contributed by atoms with Gasteiger partial charge in [0.2, 0.25) is 0 Å². The van der Waals surface area contributed by atoms with E-state index in [1.807, 2.05) is 24.3 Å². The normalized spacial score (nSPS) is 21.1. The van der Waals surface area contributed by atoms with Crippen molar-refractivity contribution in [3.05, 3.63) is 105 Å². The molecule has 2 aliphatic heterocycles. The maximum Gasteiger partial charge on any atom is 0.251 e. The molecular weight excluding hydrogens is 517 g/mol. The lowest BCUT2D eigenvalue weighted by Crippen LogP contribution is -2.54. The summed E-state index contributed by atoms with van der Waals surface area (Å²) in [5.41, 5.74) is 2.89. The third-order valence-corrected chi connectivity index (χ3v) is 7.75. The van der Waals surface area contributed by atoms with Gasteiger partial charge in [0.15, 0.2) is 0 Å². The van der Waals surface area contributed by atoms with Crippen LogP contribution in [0.2, 0.25) is 15.1 Å². The number of likely N-dealkylation sites (tertiary alicyclic amines) is 1. The Balaban J connectivity index is 1.45. The summed E-state index contributed by atoms with van der Waals surface area (Å²) in [6, 6.07) is 23.1. The van der Waals surface area contributed by atoms with E-state index in [9.17, 15) is 4.79 Å². The lowest BCUT2D eigenvalue weighted by molar-refractivity contribution is 0.0136. The van der Waals surface area contributed by atoms with Gasteiger partial charge in [0.25, 0.3) is 5.91 Å². The fraction of sp³-hybridized carbons (Fsp3) is 0.321. The number of hydrogen-bond donors (Lipinski definition) is 1. The number of hydrogen-bond acceptors (Lipinski definition) is 4. The van der Waals surface area contributed by atoms with Gasteiger partial charge in [0.1, 0.15) is 0 Å². The Morgan fingerprint density at radius 3 is 1.81 bits per heavy atom. The van der Waals surface area contributed by atoms with E-state index in [4.69, 9.17) is 39.5 Å². The first kappa shape index (κ1) is 25.5. The molecule has 3 aromatic carbocycles. The van der Waals surface area contributed by atoms with E-state index >= 15 is 0 Å². The first-order chi connectivity index (χ1) is 17.5. The number of amides is 1. The minimum absolute atomic E-state index is 0.000470. The van der Waals surface area contributed by atoms with E-state index in [1.54, 1.807) is 24.3 Å². The largest absolute Gasteiger partial charge is 0.379 e. The molecule has 36 heavy (non-hydrogen) atoms. The number of carbonyl (C=O) groups excluding carboxylic acids is 1. The monoisotopic (exact) mass is 543 g/mol. The molecule has 2 aliphatic rings. The summed E-state index contributed by atoms with van der Waals surface area (Å²) in [5, 5.41) is 5.34. The molecule has 1 amide bonds. The van der Waals surface area contributed by atoms with Crippen molar-refractivity contribution in [2.24, 2.45) is 0 Å². The second-order valence-corrected chi connectivity index (χ2v) is 10.6. The van der Waals surface area contributed by atoms with Gasteiger partial charge in [-0.25, -0.2) is 0 Å². The van der Waals surface area contributed by atoms with Gasteiger partial charge < -0.3 is 10.1 Å². The summed E-state index contributed by atoms with van der Waals surface area (Å²) in [7, 11) is 0. The zero-order valence-corrected chi connectivity index (χ0v) is 22.0. The molecule has 0 bridgehead atoms. The quantitative estimate of drug-likeness (QED) is 0.442. The predicted octanol–water partition coefficient (Wildman–Crippen LogP) is 5.55. The fourth-order valence-electron chi connectivity index (χ4n) is 5.21. The van der Waals surface area contributed by atoms with E-state index in [1.165, 1.54) is 0 Å². The van der Waals surface area contributed by atoms with Crippen molar-refractivity contribution in [3.63, 3.8) is 0 Å². The number of nitrogens with zero attached hydrogens (tertiary/aromatic N) is 2. The van der Waals surface area contributed by atoms with Crippen LogP contribution in [0.5, 0.6) is 0 Å². The Kier molecular flexibility index (Phi) is 8.16. The lowest BCUT2D eigenvalue weighted by atomic mass is 9.97. The van der Waals surface area contributed by atoms with Crippen molar-refractivity contribution in [3.8, 4) is 0 Å². The van der Waals surface area contributed by atoms with Gasteiger partial charge >= 0.3 is 0 Å². The molecule has 0 aliphatic carbocycles. The van der Waals surface area contributed by atoms with Crippen LogP contribution in [0.4, 0.5) is 0 Å². The average molecular weight is 545 g/mol. The molecule has 3 aromatic rings. The van der Waals surface area contributed by atoms with Crippen LogP contribution in [0.3, 0.4) is 0 Å². The topological polar surface area (TPSA) is 44.8 Å². The third-order valence-electron chi connectivity index (χ3n) is 6.99. The van der Waals surface area contributed by atoms with Crippen molar-refractivity contribution >= 4 is 40.7 Å². The van der Waals surface area contributed by atoms with Crippen molar-refractivity contribution in [1.29, 1.82) is 0 Å². The zero-order valence-electron chi connectivity index (χ0n) is 19.7. The second kappa shape index (κ2) is 11.5. The Bertz CT molecular complexity index is 1120. The summed E-state index contributed by atoms with van der Waals surface area (Å²) in [6.07, 6.45) is 0. The molecular formula is C28H28Cl3N3O2. The smallest absolute Gasteiger partial charge is 0.251 e. The first-order valence-electron chi connectivity index (χ1n) is 12.1. The number of nitrogens with one attached hydrogen (secondary N) is 1. The summed E-state index contributed by atoms with van der Waals surface area (Å²) < 4.78 is 5.61. The molecule has 5 nitrogen and oxygen atoms in total. The van der Waals surface area contributed by atoms with Gasteiger partial charge in [-0.1, -0.05) is 59.1 Å². The molecule has 2 fully saturated rings. The van der Waals surface area contributed by atoms with Crippen molar-refractivity contribution in [1.82, 2.24) is 15.1 Å². The minimum atomic E-state index is -0.0914. The van der Waals surface area contributed by atoms with Crippen LogP contribution in [0.15, 0.2) is 72.8 Å². The molecule has 2 saturated heterocycles. The van der Waals surface area contributed by atoms with Crippen molar-refractivity contribution in [2.45, 2.75) is 18.1 Å². The van der Waals surface area contributed by atoms with E-state index in [-0.39, 0.29) is 24.0 Å². The van der Waals surface area contributed by atoms with Crippen LogP contribution >= 0.6 is 34.8 Å². The van der Waals surface area contributed by atoms with Crippen LogP contribution in [-0.2, 0) is 4.74 Å². The highest BCUT2D eigenvalue weighted by atomic mass is 35.5. The van der Waals surface area contributed by atoms with Crippen LogP contribution < -0.4 is 5.32 Å². The molecule has 2 atom stereocenters. The lowest BCUT2D eigenvalue weighted by Gasteiger charge is -2.35. The molecule has 8 heteroatoms. The van der Waals surface area contributed by atoms with Gasteiger partial charge in [0, 0.05) is 52.9 Å². The Morgan fingerprint density at radius 1 is 0.778 bits per heavy atom. The highest BCUT2D eigenvalue weighted by Gasteiger charge is 2.41. The summed E-state index contributed by atoms with van der Waals surface area (Å²) in [5.74, 6) is -0.0914. The van der Waals surface area contributed by atoms with Gasteiger partial charge in [-0.2, -0.15) is 0 Å². The van der Waals surface area contributed by atoms with Crippen molar-refractivity contribution < 1.29 is 9.53 Å². The summed E-state index contributed by atoms with van der Waals surface area (Å²) >= 11 is 18.4. The fourth-order valence-corrected chi connectivity index (χ4v) is 5.58. The number of rotatable bonds is 6. The highest BCUT2D eigenvalue weighted by Crippen LogP contribution is 2.34. The number of benzene rings is 3. The zero-order chi connectivity index (χ0) is 25.1. The van der Waals surface area contributed by atoms with Crippen molar-refractivity contribution in [2.75, 3.05) is 39.4 Å².